The standard InChI is InChI=1S/C11H24N2O3S/c1-10(2,3)8(12)9(14)13-7-11(4,5)17(6,15)16/h8H,7,12H2,1-6H3,(H,13,14)/t8-/m0/s1. The summed E-state index contributed by atoms with van der Waals surface area (Å²) in [6, 6.07) is -0.655. The molecule has 0 heterocycles. The molecule has 0 saturated carbocycles. The summed E-state index contributed by atoms with van der Waals surface area (Å²) in [5.74, 6) is -0.325. The molecule has 0 bridgehead atoms. The Hall–Kier alpha value is -0.620. The first-order valence-electron chi connectivity index (χ1n) is 5.52. The third-order valence-corrected chi connectivity index (χ3v) is 5.06. The van der Waals surface area contributed by atoms with Gasteiger partial charge in [0.15, 0.2) is 9.84 Å². The molecule has 0 saturated heterocycles. The van der Waals surface area contributed by atoms with Gasteiger partial charge in [-0.3, -0.25) is 4.79 Å². The molecule has 0 unspecified atom stereocenters. The fourth-order valence-corrected chi connectivity index (χ4v) is 1.27. The summed E-state index contributed by atoms with van der Waals surface area (Å²) in [7, 11) is -3.21. The van der Waals surface area contributed by atoms with E-state index in [1.165, 1.54) is 0 Å². The quantitative estimate of drug-likeness (QED) is 0.764. The number of nitrogens with two attached hydrogens (primary N) is 1. The molecule has 17 heavy (non-hydrogen) atoms. The van der Waals surface area contributed by atoms with Gasteiger partial charge in [-0.1, -0.05) is 20.8 Å². The first-order valence-corrected chi connectivity index (χ1v) is 7.41. The Morgan fingerprint density at radius 3 is 1.94 bits per heavy atom. The molecule has 0 aliphatic carbocycles. The van der Waals surface area contributed by atoms with Gasteiger partial charge in [-0.2, -0.15) is 0 Å². The summed E-state index contributed by atoms with van der Waals surface area (Å²) < 4.78 is 21.9. The zero-order chi connectivity index (χ0) is 14.1. The molecule has 0 spiro atoms. The van der Waals surface area contributed by atoms with E-state index in [-0.39, 0.29) is 17.9 Å². The molecule has 1 atom stereocenters. The normalized spacial score (nSPS) is 15.5. The number of rotatable bonds is 4. The molecule has 5 nitrogen and oxygen atoms in total. The number of amides is 1. The third kappa shape index (κ3) is 4.63. The van der Waals surface area contributed by atoms with Crippen molar-refractivity contribution in [1.82, 2.24) is 5.32 Å². The van der Waals surface area contributed by atoms with E-state index in [1.807, 2.05) is 20.8 Å². The SMILES string of the molecule is CC(C)(C)[C@@H](N)C(=O)NCC(C)(C)S(C)(=O)=O. The van der Waals surface area contributed by atoms with Crippen LogP contribution in [0, 0.1) is 5.41 Å². The smallest absolute Gasteiger partial charge is 0.237 e. The molecule has 0 rings (SSSR count). The zero-order valence-electron chi connectivity index (χ0n) is 11.5. The molecule has 1 amide bonds. The fraction of sp³-hybridized carbons (Fsp3) is 0.909. The van der Waals surface area contributed by atoms with Gasteiger partial charge >= 0.3 is 0 Å². The molecule has 3 N–H and O–H groups in total. The van der Waals surface area contributed by atoms with Crippen molar-refractivity contribution >= 4 is 15.7 Å². The topological polar surface area (TPSA) is 89.3 Å². The van der Waals surface area contributed by atoms with Crippen molar-refractivity contribution in [2.75, 3.05) is 12.8 Å². The lowest BCUT2D eigenvalue weighted by atomic mass is 9.87. The molecule has 0 radical (unpaired) electrons. The monoisotopic (exact) mass is 264 g/mol. The number of hydrogen-bond donors (Lipinski definition) is 2. The number of carbonyl (C=O) groups is 1. The maximum Gasteiger partial charge on any atom is 0.237 e. The number of carbonyl (C=O) groups excluding carboxylic acids is 1. The maximum absolute atomic E-state index is 11.7. The minimum Gasteiger partial charge on any atom is -0.353 e. The first-order chi connectivity index (χ1) is 7.29. The molecule has 0 aromatic carbocycles. The van der Waals surface area contributed by atoms with E-state index in [9.17, 15) is 13.2 Å². The minimum absolute atomic E-state index is 0.0639. The van der Waals surface area contributed by atoms with Crippen LogP contribution in [0.1, 0.15) is 34.6 Å². The van der Waals surface area contributed by atoms with Crippen LogP contribution < -0.4 is 11.1 Å². The fourth-order valence-electron chi connectivity index (χ4n) is 0.934. The molecule has 102 valence electrons. The molecule has 0 aliphatic heterocycles. The zero-order valence-corrected chi connectivity index (χ0v) is 12.3. The molecule has 0 aromatic rings. The Morgan fingerprint density at radius 2 is 1.65 bits per heavy atom. The average molecular weight is 264 g/mol. The highest BCUT2D eigenvalue weighted by Gasteiger charge is 2.33. The second kappa shape index (κ2) is 4.94. The van der Waals surface area contributed by atoms with Gasteiger partial charge in [0.05, 0.1) is 10.8 Å². The van der Waals surface area contributed by atoms with Crippen molar-refractivity contribution in [2.45, 2.75) is 45.4 Å². The predicted molar refractivity (Wildman–Crippen MR) is 69.4 cm³/mol. The second-order valence-electron chi connectivity index (χ2n) is 6.09. The van der Waals surface area contributed by atoms with Gasteiger partial charge in [-0.25, -0.2) is 8.42 Å². The average Bonchev–Trinajstić information content (AvgIpc) is 2.09. The van der Waals surface area contributed by atoms with Crippen molar-refractivity contribution in [3.8, 4) is 0 Å². The van der Waals surface area contributed by atoms with Gasteiger partial charge in [-0.05, 0) is 19.3 Å². The van der Waals surface area contributed by atoms with Crippen molar-refractivity contribution in [1.29, 1.82) is 0 Å². The van der Waals surface area contributed by atoms with Crippen molar-refractivity contribution in [2.24, 2.45) is 11.1 Å². The summed E-state index contributed by atoms with van der Waals surface area (Å²) in [5, 5.41) is 2.59. The van der Waals surface area contributed by atoms with E-state index in [0.29, 0.717) is 0 Å². The Morgan fingerprint density at radius 1 is 1.24 bits per heavy atom. The Labute approximate surface area is 104 Å². The van der Waals surface area contributed by atoms with Crippen LogP contribution in [0.4, 0.5) is 0 Å². The molecule has 0 aromatic heterocycles. The van der Waals surface area contributed by atoms with Crippen LogP contribution in [0.5, 0.6) is 0 Å². The van der Waals surface area contributed by atoms with Crippen LogP contribution in [-0.2, 0) is 14.6 Å². The van der Waals surface area contributed by atoms with Gasteiger partial charge in [0.25, 0.3) is 0 Å². The molecule has 6 heteroatoms. The molecular weight excluding hydrogens is 240 g/mol. The maximum atomic E-state index is 11.7. The van der Waals surface area contributed by atoms with E-state index >= 15 is 0 Å². The van der Waals surface area contributed by atoms with Crippen molar-refractivity contribution in [3.05, 3.63) is 0 Å². The highest BCUT2D eigenvalue weighted by molar-refractivity contribution is 7.92. The molecule has 0 aliphatic rings. The van der Waals surface area contributed by atoms with Crippen LogP contribution in [0.2, 0.25) is 0 Å². The third-order valence-electron chi connectivity index (χ3n) is 2.91. The van der Waals surface area contributed by atoms with Gasteiger partial charge in [0, 0.05) is 12.8 Å². The van der Waals surface area contributed by atoms with E-state index in [2.05, 4.69) is 5.32 Å². The van der Waals surface area contributed by atoms with E-state index in [1.54, 1.807) is 13.8 Å². The van der Waals surface area contributed by atoms with Crippen LogP contribution >= 0.6 is 0 Å². The highest BCUT2D eigenvalue weighted by Crippen LogP contribution is 2.18. The van der Waals surface area contributed by atoms with E-state index in [4.69, 9.17) is 5.73 Å². The van der Waals surface area contributed by atoms with Crippen LogP contribution in [0.25, 0.3) is 0 Å². The highest BCUT2D eigenvalue weighted by atomic mass is 32.2. The van der Waals surface area contributed by atoms with Gasteiger partial charge in [-0.15, -0.1) is 0 Å². The van der Waals surface area contributed by atoms with Crippen LogP contribution in [0.3, 0.4) is 0 Å². The summed E-state index contributed by atoms with van der Waals surface area (Å²) in [4.78, 5) is 11.7. The summed E-state index contributed by atoms with van der Waals surface area (Å²) in [6.07, 6.45) is 1.16. The molecule has 0 fully saturated rings. The predicted octanol–water partition coefficient (Wildman–Crippen LogP) is 0.299. The first kappa shape index (κ1) is 16.4. The Balaban J connectivity index is 4.57. The Bertz CT molecular complexity index is 380. The number of hydrogen-bond acceptors (Lipinski definition) is 4. The largest absolute Gasteiger partial charge is 0.353 e. The van der Waals surface area contributed by atoms with Crippen LogP contribution in [-0.4, -0.2) is 37.9 Å². The summed E-state index contributed by atoms with van der Waals surface area (Å²) >= 11 is 0. The molecular formula is C11H24N2O3S. The van der Waals surface area contributed by atoms with Crippen molar-refractivity contribution < 1.29 is 13.2 Å². The number of sulfone groups is 1. The number of nitrogens with one attached hydrogen (secondary N) is 1. The second-order valence-corrected chi connectivity index (χ2v) is 8.74. The lowest BCUT2D eigenvalue weighted by Gasteiger charge is -2.28. The van der Waals surface area contributed by atoms with Crippen LogP contribution in [0.15, 0.2) is 0 Å². The van der Waals surface area contributed by atoms with E-state index < -0.39 is 20.6 Å². The minimum atomic E-state index is -3.21. The van der Waals surface area contributed by atoms with Gasteiger partial charge in [0.2, 0.25) is 5.91 Å². The lowest BCUT2D eigenvalue weighted by Crippen LogP contribution is -2.52. The van der Waals surface area contributed by atoms with Crippen molar-refractivity contribution in [3.63, 3.8) is 0 Å². The summed E-state index contributed by atoms with van der Waals surface area (Å²) in [6.45, 7) is 8.79. The van der Waals surface area contributed by atoms with Gasteiger partial charge in [0.1, 0.15) is 0 Å². The van der Waals surface area contributed by atoms with E-state index in [0.717, 1.165) is 6.26 Å². The lowest BCUT2D eigenvalue weighted by molar-refractivity contribution is -0.124. The summed E-state index contributed by atoms with van der Waals surface area (Å²) in [5.41, 5.74) is 5.42. The van der Waals surface area contributed by atoms with Gasteiger partial charge < -0.3 is 11.1 Å². The Kier molecular flexibility index (Phi) is 4.76.